The van der Waals surface area contributed by atoms with Crippen molar-refractivity contribution in [2.75, 3.05) is 13.1 Å². The van der Waals surface area contributed by atoms with Crippen molar-refractivity contribution in [1.29, 1.82) is 0 Å². The first-order chi connectivity index (χ1) is 13.4. The van der Waals surface area contributed by atoms with Gasteiger partial charge in [-0.1, -0.05) is 13.8 Å². The van der Waals surface area contributed by atoms with Gasteiger partial charge in [0, 0.05) is 17.3 Å². The number of benzene rings is 1. The minimum absolute atomic E-state index is 0.0420. The van der Waals surface area contributed by atoms with Crippen molar-refractivity contribution in [2.24, 2.45) is 0 Å². The molecule has 1 aliphatic rings. The molecule has 0 N–H and O–H groups in total. The van der Waals surface area contributed by atoms with E-state index in [-0.39, 0.29) is 23.3 Å². The second-order valence-corrected chi connectivity index (χ2v) is 8.05. The molecule has 3 heterocycles. The van der Waals surface area contributed by atoms with Crippen LogP contribution in [0.5, 0.6) is 0 Å². The molecule has 4 rings (SSSR count). The summed E-state index contributed by atoms with van der Waals surface area (Å²) in [4.78, 5) is 6.90. The summed E-state index contributed by atoms with van der Waals surface area (Å²) in [7, 11) is 0. The first-order valence-electron chi connectivity index (χ1n) is 9.81. The number of nitrogens with zero attached hydrogens (tertiary/aromatic N) is 5. The zero-order chi connectivity index (χ0) is 20.0. The van der Waals surface area contributed by atoms with Crippen molar-refractivity contribution in [1.82, 2.24) is 24.8 Å². The van der Waals surface area contributed by atoms with Gasteiger partial charge in [-0.2, -0.15) is 14.8 Å². The Morgan fingerprint density at radius 1 is 1.11 bits per heavy atom. The summed E-state index contributed by atoms with van der Waals surface area (Å²) < 4.78 is 35.2. The first-order valence-corrected chi connectivity index (χ1v) is 9.81. The largest absolute Gasteiger partial charge is 0.337 e. The lowest BCUT2D eigenvalue weighted by Gasteiger charge is -2.33. The minimum Gasteiger partial charge on any atom is -0.337 e. The van der Waals surface area contributed by atoms with E-state index in [4.69, 9.17) is 4.52 Å². The normalized spacial score (nSPS) is 16.7. The maximum atomic E-state index is 14.6. The van der Waals surface area contributed by atoms with Crippen molar-refractivity contribution in [3.63, 3.8) is 0 Å². The average Bonchev–Trinajstić information content (AvgIpc) is 3.30. The van der Waals surface area contributed by atoms with Crippen LogP contribution < -0.4 is 0 Å². The molecule has 3 aromatic rings. The fraction of sp³-hybridized carbons (Fsp3) is 0.550. The lowest BCUT2D eigenvalue weighted by atomic mass is 9.96. The smallest absolute Gasteiger partial charge is 0.291 e. The molecule has 2 aromatic heterocycles. The van der Waals surface area contributed by atoms with Crippen LogP contribution in [0.1, 0.15) is 64.0 Å². The van der Waals surface area contributed by atoms with Gasteiger partial charge in [-0.05, 0) is 63.0 Å². The average molecular weight is 389 g/mol. The van der Waals surface area contributed by atoms with Crippen molar-refractivity contribution in [3.8, 4) is 5.95 Å². The fourth-order valence-corrected chi connectivity index (χ4v) is 3.88. The number of aromatic nitrogens is 4. The third-order valence-corrected chi connectivity index (χ3v) is 5.54. The van der Waals surface area contributed by atoms with E-state index >= 15 is 0 Å². The lowest BCUT2D eigenvalue weighted by molar-refractivity contribution is 0.160. The maximum Gasteiger partial charge on any atom is 0.291 e. The minimum atomic E-state index is -0.950. The molecule has 28 heavy (non-hydrogen) atoms. The van der Waals surface area contributed by atoms with Gasteiger partial charge in [0.25, 0.3) is 5.95 Å². The Morgan fingerprint density at radius 2 is 1.82 bits per heavy atom. The van der Waals surface area contributed by atoms with E-state index in [9.17, 15) is 8.78 Å². The highest BCUT2D eigenvalue weighted by atomic mass is 19.2. The summed E-state index contributed by atoms with van der Waals surface area (Å²) in [6.07, 6.45) is 1.86. The zero-order valence-corrected chi connectivity index (χ0v) is 16.6. The zero-order valence-electron chi connectivity index (χ0n) is 16.6. The van der Waals surface area contributed by atoms with E-state index in [1.807, 2.05) is 13.8 Å². The van der Waals surface area contributed by atoms with Crippen LogP contribution in [0.25, 0.3) is 16.9 Å². The van der Waals surface area contributed by atoms with Crippen molar-refractivity contribution in [2.45, 2.75) is 58.4 Å². The van der Waals surface area contributed by atoms with Crippen LogP contribution in [0, 0.1) is 11.6 Å². The molecule has 6 nitrogen and oxygen atoms in total. The Bertz CT molecular complexity index is 986. The number of hydrogen-bond acceptors (Lipinski definition) is 5. The molecule has 1 saturated heterocycles. The van der Waals surface area contributed by atoms with Gasteiger partial charge in [-0.3, -0.25) is 0 Å². The first kappa shape index (κ1) is 19.0. The topological polar surface area (TPSA) is 60.0 Å². The highest BCUT2D eigenvalue weighted by Crippen LogP contribution is 2.31. The van der Waals surface area contributed by atoms with Crippen LogP contribution in [-0.2, 0) is 0 Å². The highest BCUT2D eigenvalue weighted by molar-refractivity contribution is 5.84. The van der Waals surface area contributed by atoms with Gasteiger partial charge in [-0.25, -0.2) is 8.78 Å². The summed E-state index contributed by atoms with van der Waals surface area (Å²) in [6, 6.07) is 3.19. The number of hydrogen-bond donors (Lipinski definition) is 0. The van der Waals surface area contributed by atoms with Gasteiger partial charge in [-0.15, -0.1) is 0 Å². The summed E-state index contributed by atoms with van der Waals surface area (Å²) >= 11 is 0. The molecular weight excluding hydrogens is 364 g/mol. The van der Waals surface area contributed by atoms with Gasteiger partial charge >= 0.3 is 0 Å². The molecule has 0 radical (unpaired) electrons. The molecule has 8 heteroatoms. The molecule has 0 bridgehead atoms. The fourth-order valence-electron chi connectivity index (χ4n) is 3.88. The maximum absolute atomic E-state index is 14.6. The van der Waals surface area contributed by atoms with Crippen molar-refractivity contribution in [3.05, 3.63) is 35.4 Å². The molecule has 1 aromatic carbocycles. The molecule has 0 atom stereocenters. The van der Waals surface area contributed by atoms with Crippen LogP contribution in [0.2, 0.25) is 0 Å². The van der Waals surface area contributed by atoms with Gasteiger partial charge in [0.1, 0.15) is 5.52 Å². The predicted octanol–water partition coefficient (Wildman–Crippen LogP) is 4.40. The van der Waals surface area contributed by atoms with Gasteiger partial charge in [0.15, 0.2) is 11.6 Å². The monoisotopic (exact) mass is 389 g/mol. The van der Waals surface area contributed by atoms with Gasteiger partial charge < -0.3 is 9.42 Å². The molecule has 0 aliphatic carbocycles. The Morgan fingerprint density at radius 3 is 2.46 bits per heavy atom. The SMILES string of the molecule is CC(C)c1nn(-c2noc(C3CCN(C(C)C)CC3)n2)c2c(F)c(F)ccc12. The number of likely N-dealkylation sites (tertiary alicyclic amines) is 1. The quantitative estimate of drug-likeness (QED) is 0.662. The summed E-state index contributed by atoms with van der Waals surface area (Å²) in [5.74, 6) is -0.987. The van der Waals surface area contributed by atoms with E-state index in [1.165, 1.54) is 4.68 Å². The molecule has 1 fully saturated rings. The Balaban J connectivity index is 1.69. The molecule has 0 unspecified atom stereocenters. The Kier molecular flexibility index (Phi) is 4.91. The van der Waals surface area contributed by atoms with Crippen LogP contribution in [0.4, 0.5) is 8.78 Å². The van der Waals surface area contributed by atoms with Gasteiger partial charge in [0.05, 0.1) is 5.69 Å². The lowest BCUT2D eigenvalue weighted by Crippen LogP contribution is -2.37. The number of piperidine rings is 1. The summed E-state index contributed by atoms with van der Waals surface area (Å²) in [5.41, 5.74) is 0.719. The van der Waals surface area contributed by atoms with Crippen LogP contribution in [0.15, 0.2) is 16.7 Å². The van der Waals surface area contributed by atoms with Gasteiger partial charge in [0.2, 0.25) is 5.89 Å². The third kappa shape index (κ3) is 3.19. The second kappa shape index (κ2) is 7.24. The van der Waals surface area contributed by atoms with Crippen molar-refractivity contribution < 1.29 is 13.3 Å². The predicted molar refractivity (Wildman–Crippen MR) is 102 cm³/mol. The van der Waals surface area contributed by atoms with Crippen molar-refractivity contribution >= 4 is 10.9 Å². The summed E-state index contributed by atoms with van der Waals surface area (Å²) in [5, 5.41) is 9.05. The molecule has 150 valence electrons. The van der Waals surface area contributed by atoms with E-state index in [2.05, 4.69) is 34.0 Å². The Labute approximate surface area is 162 Å². The molecule has 0 amide bonds. The van der Waals surface area contributed by atoms with Crippen LogP contribution >= 0.6 is 0 Å². The highest BCUT2D eigenvalue weighted by Gasteiger charge is 2.28. The number of halogens is 2. The molecular formula is C20H25F2N5O. The third-order valence-electron chi connectivity index (χ3n) is 5.54. The van der Waals surface area contributed by atoms with Crippen LogP contribution in [-0.4, -0.2) is 44.0 Å². The molecule has 0 spiro atoms. The Hall–Kier alpha value is -2.35. The molecule has 1 aliphatic heterocycles. The van der Waals surface area contributed by atoms with E-state index in [0.29, 0.717) is 23.0 Å². The van der Waals surface area contributed by atoms with Crippen LogP contribution in [0.3, 0.4) is 0 Å². The second-order valence-electron chi connectivity index (χ2n) is 8.05. The van der Waals surface area contributed by atoms with E-state index in [0.717, 1.165) is 32.0 Å². The van der Waals surface area contributed by atoms with E-state index < -0.39 is 11.6 Å². The summed E-state index contributed by atoms with van der Waals surface area (Å²) in [6.45, 7) is 10.2. The standard InChI is InChI=1S/C20H25F2N5O/c1-11(2)17-14-5-6-15(21)16(22)18(14)27(24-17)20-23-19(28-25-20)13-7-9-26(10-8-13)12(3)4/h5-6,11-13H,7-10H2,1-4H3. The molecule has 0 saturated carbocycles. The number of rotatable bonds is 4. The number of fused-ring (bicyclic) bond motifs is 1. The van der Waals surface area contributed by atoms with E-state index in [1.54, 1.807) is 6.07 Å².